The number of ether oxygens (including phenoxy) is 2. The molecule has 21 heavy (non-hydrogen) atoms. The molecular formula is C13H18ClN5O2. The molecule has 1 aliphatic rings. The number of imidazole rings is 1. The summed E-state index contributed by atoms with van der Waals surface area (Å²) in [5.41, 5.74) is 6.86. The molecule has 0 spiro atoms. The van der Waals surface area contributed by atoms with E-state index in [4.69, 9.17) is 26.8 Å². The highest BCUT2D eigenvalue weighted by Crippen LogP contribution is 2.24. The molecule has 1 unspecified atom stereocenters. The number of fused-ring (bicyclic) bond motifs is 1. The molecule has 1 fully saturated rings. The van der Waals surface area contributed by atoms with E-state index in [0.29, 0.717) is 30.3 Å². The van der Waals surface area contributed by atoms with Crippen LogP contribution in [0.5, 0.6) is 0 Å². The molecule has 3 heterocycles. The maximum atomic E-state index is 6.01. The Bertz CT molecular complexity index is 647. The number of halogens is 1. The van der Waals surface area contributed by atoms with E-state index in [9.17, 15) is 0 Å². The van der Waals surface area contributed by atoms with Crippen LogP contribution in [0.1, 0.15) is 20.3 Å². The van der Waals surface area contributed by atoms with Crippen molar-refractivity contribution in [2.45, 2.75) is 32.6 Å². The smallest absolute Gasteiger partial charge is 0.223 e. The number of aromatic nitrogens is 4. The van der Waals surface area contributed by atoms with Gasteiger partial charge in [-0.1, -0.05) is 11.6 Å². The van der Waals surface area contributed by atoms with E-state index >= 15 is 0 Å². The van der Waals surface area contributed by atoms with Gasteiger partial charge in [0.25, 0.3) is 0 Å². The first-order valence-electron chi connectivity index (χ1n) is 6.86. The molecule has 0 amide bonds. The topological polar surface area (TPSA) is 88.1 Å². The fourth-order valence-electron chi connectivity index (χ4n) is 2.30. The van der Waals surface area contributed by atoms with Crippen molar-refractivity contribution in [2.75, 3.05) is 18.9 Å². The third-order valence-corrected chi connectivity index (χ3v) is 3.81. The Morgan fingerprint density at radius 2 is 2.33 bits per heavy atom. The van der Waals surface area contributed by atoms with Crippen LogP contribution < -0.4 is 5.73 Å². The molecule has 0 bridgehead atoms. The minimum atomic E-state index is -0.479. The Labute approximate surface area is 127 Å². The van der Waals surface area contributed by atoms with Gasteiger partial charge in [-0.15, -0.1) is 0 Å². The average molecular weight is 314 g/mol. The van der Waals surface area contributed by atoms with E-state index in [1.54, 1.807) is 6.33 Å². The molecule has 2 aromatic heterocycles. The molecule has 0 aliphatic carbocycles. The first kappa shape index (κ1) is 14.5. The quantitative estimate of drug-likeness (QED) is 0.870. The van der Waals surface area contributed by atoms with Crippen LogP contribution in [-0.4, -0.2) is 38.5 Å². The minimum absolute atomic E-state index is 0.153. The van der Waals surface area contributed by atoms with Crippen molar-refractivity contribution < 1.29 is 9.47 Å². The van der Waals surface area contributed by atoms with Gasteiger partial charge in [0.2, 0.25) is 5.95 Å². The number of hydrogen-bond donors (Lipinski definition) is 1. The van der Waals surface area contributed by atoms with E-state index < -0.39 is 5.79 Å². The fourth-order valence-corrected chi connectivity index (χ4v) is 2.52. The Kier molecular flexibility index (Phi) is 3.73. The van der Waals surface area contributed by atoms with E-state index in [-0.39, 0.29) is 11.1 Å². The van der Waals surface area contributed by atoms with Crippen LogP contribution in [0.3, 0.4) is 0 Å². The molecule has 2 aromatic rings. The zero-order chi connectivity index (χ0) is 15.0. The SMILES string of the molecule is CC1(C)OCC(CCn2cnc3c(Cl)nc(N)nc32)[14CH2]O1. The van der Waals surface area contributed by atoms with Crippen molar-refractivity contribution in [3.8, 4) is 0 Å². The summed E-state index contributed by atoms with van der Waals surface area (Å²) in [5.74, 6) is 0.0263. The standard InChI is InChI=1S/C13H18ClN5O2/c1-13(2)20-5-8(6-21-13)3-4-19-7-16-9-10(14)17-12(15)18-11(9)19/h7-8H,3-6H2,1-2H3,(H2,15,17,18)/i5+2. The number of nitrogen functional groups attached to an aromatic ring is 1. The number of nitrogens with two attached hydrogens (primary N) is 1. The lowest BCUT2D eigenvalue weighted by Gasteiger charge is -2.35. The third kappa shape index (κ3) is 3.09. The van der Waals surface area contributed by atoms with Crippen LogP contribution in [0.4, 0.5) is 5.95 Å². The van der Waals surface area contributed by atoms with Crippen molar-refractivity contribution >= 4 is 28.7 Å². The number of rotatable bonds is 3. The van der Waals surface area contributed by atoms with Gasteiger partial charge < -0.3 is 19.8 Å². The molecule has 1 saturated heterocycles. The predicted octanol–water partition coefficient (Wildman–Crippen LogP) is 1.85. The summed E-state index contributed by atoms with van der Waals surface area (Å²) in [6, 6.07) is 0. The second-order valence-corrected chi connectivity index (χ2v) is 6.02. The maximum Gasteiger partial charge on any atom is 0.223 e. The summed E-state index contributed by atoms with van der Waals surface area (Å²) in [6.45, 7) is 5.98. The summed E-state index contributed by atoms with van der Waals surface area (Å²) < 4.78 is 13.2. The molecule has 114 valence electrons. The number of anilines is 1. The van der Waals surface area contributed by atoms with Crippen LogP contribution in [-0.2, 0) is 16.0 Å². The number of aryl methyl sites for hydroxylation is 1. The van der Waals surface area contributed by atoms with Crippen LogP contribution in [0.2, 0.25) is 5.15 Å². The van der Waals surface area contributed by atoms with Gasteiger partial charge in [-0.25, -0.2) is 4.98 Å². The van der Waals surface area contributed by atoms with E-state index in [1.165, 1.54) is 0 Å². The Hall–Kier alpha value is -1.44. The highest BCUT2D eigenvalue weighted by molar-refractivity contribution is 6.33. The second-order valence-electron chi connectivity index (χ2n) is 5.66. The lowest BCUT2D eigenvalue weighted by molar-refractivity contribution is -0.262. The average Bonchev–Trinajstić information content (AvgIpc) is 2.81. The van der Waals surface area contributed by atoms with Gasteiger partial charge in [0.1, 0.15) is 5.52 Å². The molecular weight excluding hydrogens is 296 g/mol. The van der Waals surface area contributed by atoms with E-state index in [1.807, 2.05) is 18.4 Å². The Balaban J connectivity index is 1.69. The molecule has 0 aromatic carbocycles. The predicted molar refractivity (Wildman–Crippen MR) is 78.8 cm³/mol. The maximum absolute atomic E-state index is 6.01. The molecule has 3 rings (SSSR count). The highest BCUT2D eigenvalue weighted by Gasteiger charge is 2.28. The van der Waals surface area contributed by atoms with Crippen LogP contribution in [0, 0.1) is 5.92 Å². The normalized spacial score (nSPS) is 21.8. The lowest BCUT2D eigenvalue weighted by Crippen LogP contribution is -2.39. The van der Waals surface area contributed by atoms with Gasteiger partial charge in [-0.3, -0.25) is 0 Å². The van der Waals surface area contributed by atoms with Gasteiger partial charge >= 0.3 is 0 Å². The first-order chi connectivity index (χ1) is 9.94. The zero-order valence-electron chi connectivity index (χ0n) is 12.0. The van der Waals surface area contributed by atoms with Gasteiger partial charge in [0.05, 0.1) is 19.5 Å². The Morgan fingerprint density at radius 1 is 1.52 bits per heavy atom. The molecule has 0 saturated carbocycles. The number of hydrogen-bond acceptors (Lipinski definition) is 6. The summed E-state index contributed by atoms with van der Waals surface area (Å²) in [4.78, 5) is 12.3. The van der Waals surface area contributed by atoms with E-state index in [2.05, 4.69) is 15.0 Å². The van der Waals surface area contributed by atoms with Crippen LogP contribution in [0.15, 0.2) is 6.33 Å². The largest absolute Gasteiger partial charge is 0.368 e. The van der Waals surface area contributed by atoms with Crippen molar-refractivity contribution in [1.29, 1.82) is 0 Å². The molecule has 8 heteroatoms. The van der Waals surface area contributed by atoms with Crippen molar-refractivity contribution in [3.05, 3.63) is 11.5 Å². The third-order valence-electron chi connectivity index (χ3n) is 3.55. The number of nitrogens with zero attached hydrogens (tertiary/aromatic N) is 4. The molecule has 0 radical (unpaired) electrons. The summed E-state index contributed by atoms with van der Waals surface area (Å²) in [5, 5.41) is 0.280. The molecule has 2 N–H and O–H groups in total. The van der Waals surface area contributed by atoms with Gasteiger partial charge in [0, 0.05) is 12.5 Å². The van der Waals surface area contributed by atoms with Crippen LogP contribution >= 0.6 is 11.6 Å². The van der Waals surface area contributed by atoms with E-state index in [0.717, 1.165) is 13.0 Å². The highest BCUT2D eigenvalue weighted by atomic mass is 35.5. The zero-order valence-corrected chi connectivity index (χ0v) is 12.8. The minimum Gasteiger partial charge on any atom is -0.368 e. The Morgan fingerprint density at radius 3 is 3.05 bits per heavy atom. The summed E-state index contributed by atoms with van der Waals surface area (Å²) in [6.07, 6.45) is 2.61. The summed E-state index contributed by atoms with van der Waals surface area (Å²) >= 11 is 6.01. The molecule has 1 atom stereocenters. The molecule has 1 aliphatic heterocycles. The first-order valence-corrected chi connectivity index (χ1v) is 7.24. The summed E-state index contributed by atoms with van der Waals surface area (Å²) in [7, 11) is 0. The van der Waals surface area contributed by atoms with Crippen LogP contribution in [0.25, 0.3) is 11.2 Å². The van der Waals surface area contributed by atoms with Gasteiger partial charge in [-0.05, 0) is 20.3 Å². The monoisotopic (exact) mass is 313 g/mol. The van der Waals surface area contributed by atoms with Gasteiger partial charge in [-0.2, -0.15) is 9.97 Å². The second kappa shape index (κ2) is 5.40. The van der Waals surface area contributed by atoms with Crippen molar-refractivity contribution in [2.24, 2.45) is 5.92 Å². The van der Waals surface area contributed by atoms with Crippen molar-refractivity contribution in [1.82, 2.24) is 19.5 Å². The van der Waals surface area contributed by atoms with Gasteiger partial charge in [0.15, 0.2) is 16.6 Å². The molecule has 7 nitrogen and oxygen atoms in total. The van der Waals surface area contributed by atoms with Crippen molar-refractivity contribution in [3.63, 3.8) is 0 Å². The lowest BCUT2D eigenvalue weighted by atomic mass is 10.2. The fraction of sp³-hybridized carbons (Fsp3) is 0.615.